The average molecular weight is 468 g/mol. The Kier molecular flexibility index (Phi) is 6.43. The van der Waals surface area contributed by atoms with Gasteiger partial charge < -0.3 is 15.2 Å². The second-order valence-electron chi connectivity index (χ2n) is 9.14. The number of esters is 1. The van der Waals surface area contributed by atoms with E-state index in [9.17, 15) is 19.5 Å². The Morgan fingerprint density at radius 1 is 1.09 bits per heavy atom. The minimum Gasteiger partial charge on any atom is -0.481 e. The molecule has 2 aliphatic carbocycles. The van der Waals surface area contributed by atoms with E-state index in [4.69, 9.17) is 4.74 Å². The van der Waals surface area contributed by atoms with Gasteiger partial charge >= 0.3 is 11.9 Å². The fourth-order valence-corrected chi connectivity index (χ4v) is 6.81. The number of carbonyl (C=O) groups excluding carboxylic acids is 2. The van der Waals surface area contributed by atoms with Crippen molar-refractivity contribution in [3.63, 3.8) is 0 Å². The van der Waals surface area contributed by atoms with Crippen LogP contribution < -0.4 is 5.32 Å². The molecule has 6 nitrogen and oxygen atoms in total. The van der Waals surface area contributed by atoms with Crippen LogP contribution in [0.1, 0.15) is 60.3 Å². The maximum Gasteiger partial charge on any atom is 0.340 e. The maximum atomic E-state index is 13.5. The molecule has 0 unspecified atom stereocenters. The van der Waals surface area contributed by atoms with Crippen LogP contribution in [-0.2, 0) is 14.3 Å². The standard InChI is InChI=1S/C26H29NO5S/c1-13(2)20-16-10-11-17(20)22(25(29)30)21(16)23(28)27-24-18(26(31)32-4)12-19(33-24)14(3)15-8-6-5-7-9-15/h5-9,12,14,16-17,21-22H,10-11H2,1-4H3,(H,27,28)(H,29,30)/t14-,16+,17-,21+,22-/m0/s1. The van der Waals surface area contributed by atoms with Crippen molar-refractivity contribution in [3.05, 3.63) is 63.5 Å². The fourth-order valence-electron chi connectivity index (χ4n) is 5.68. The molecule has 5 atom stereocenters. The maximum absolute atomic E-state index is 13.5. The summed E-state index contributed by atoms with van der Waals surface area (Å²) >= 11 is 1.34. The number of fused-ring (bicyclic) bond motifs is 2. The predicted octanol–water partition coefficient (Wildman–Crippen LogP) is 5.32. The molecule has 1 heterocycles. The molecule has 1 aromatic carbocycles. The van der Waals surface area contributed by atoms with Gasteiger partial charge in [0.25, 0.3) is 0 Å². The number of allylic oxidation sites excluding steroid dienone is 2. The molecule has 0 radical (unpaired) electrons. The van der Waals surface area contributed by atoms with Gasteiger partial charge in [0.05, 0.1) is 24.5 Å². The lowest BCUT2D eigenvalue weighted by atomic mass is 9.79. The Balaban J connectivity index is 1.66. The summed E-state index contributed by atoms with van der Waals surface area (Å²) in [4.78, 5) is 39.0. The molecule has 0 spiro atoms. The molecule has 0 saturated heterocycles. The van der Waals surface area contributed by atoms with Crippen molar-refractivity contribution in [2.75, 3.05) is 12.4 Å². The van der Waals surface area contributed by atoms with Gasteiger partial charge in [-0.3, -0.25) is 9.59 Å². The van der Waals surface area contributed by atoms with Crippen molar-refractivity contribution in [2.24, 2.45) is 23.7 Å². The van der Waals surface area contributed by atoms with Crippen molar-refractivity contribution in [3.8, 4) is 0 Å². The van der Waals surface area contributed by atoms with E-state index < -0.39 is 23.8 Å². The quantitative estimate of drug-likeness (QED) is 0.443. The highest BCUT2D eigenvalue weighted by atomic mass is 32.1. The van der Waals surface area contributed by atoms with E-state index in [0.29, 0.717) is 10.6 Å². The molecule has 0 aliphatic heterocycles. The fraction of sp³-hybridized carbons (Fsp3) is 0.423. The smallest absolute Gasteiger partial charge is 0.340 e. The van der Waals surface area contributed by atoms with Gasteiger partial charge in [-0.2, -0.15) is 0 Å². The Morgan fingerprint density at radius 2 is 1.73 bits per heavy atom. The molecule has 174 valence electrons. The van der Waals surface area contributed by atoms with Gasteiger partial charge in [0.15, 0.2) is 0 Å². The number of ether oxygens (including phenoxy) is 1. The summed E-state index contributed by atoms with van der Waals surface area (Å²) in [5.41, 5.74) is 3.63. The lowest BCUT2D eigenvalue weighted by Gasteiger charge is -2.26. The normalized spacial score (nSPS) is 24.4. The molecular formula is C26H29NO5S. The molecule has 2 fully saturated rings. The first kappa shape index (κ1) is 23.2. The van der Waals surface area contributed by atoms with Gasteiger partial charge in [-0.1, -0.05) is 48.4 Å². The van der Waals surface area contributed by atoms with E-state index in [0.717, 1.165) is 34.4 Å². The van der Waals surface area contributed by atoms with Crippen LogP contribution in [0.15, 0.2) is 47.5 Å². The number of aliphatic carboxylic acids is 1. The first-order valence-electron chi connectivity index (χ1n) is 11.2. The predicted molar refractivity (Wildman–Crippen MR) is 127 cm³/mol. The zero-order valence-corrected chi connectivity index (χ0v) is 20.1. The number of carboxylic acids is 1. The monoisotopic (exact) mass is 467 g/mol. The van der Waals surface area contributed by atoms with Gasteiger partial charge in [-0.05, 0) is 50.2 Å². The number of benzene rings is 1. The van der Waals surface area contributed by atoms with Crippen LogP contribution in [-0.4, -0.2) is 30.1 Å². The molecule has 4 rings (SSSR count). The van der Waals surface area contributed by atoms with Crippen LogP contribution >= 0.6 is 11.3 Å². The summed E-state index contributed by atoms with van der Waals surface area (Å²) in [6.45, 7) is 6.03. The highest BCUT2D eigenvalue weighted by Gasteiger charge is 2.57. The SMILES string of the molecule is COC(=O)c1cc([C@@H](C)c2ccccc2)sc1NC(=O)[C@H]1[C@@H](C(=O)O)[C@H]2CC[C@@H]1C2=C(C)C. The number of rotatable bonds is 6. The van der Waals surface area contributed by atoms with Crippen LogP contribution in [0.5, 0.6) is 0 Å². The molecule has 1 aromatic heterocycles. The Labute approximate surface area is 197 Å². The van der Waals surface area contributed by atoms with Crippen molar-refractivity contribution < 1.29 is 24.2 Å². The summed E-state index contributed by atoms with van der Waals surface area (Å²) in [5, 5.41) is 13.3. The van der Waals surface area contributed by atoms with Gasteiger partial charge in [0.1, 0.15) is 5.00 Å². The number of methoxy groups -OCH3 is 1. The summed E-state index contributed by atoms with van der Waals surface area (Å²) in [7, 11) is 1.31. The molecule has 2 aromatic rings. The second kappa shape index (κ2) is 9.14. The minimum absolute atomic E-state index is 0.0248. The van der Waals surface area contributed by atoms with E-state index >= 15 is 0 Å². The number of hydrogen-bond acceptors (Lipinski definition) is 5. The summed E-state index contributed by atoms with van der Waals surface area (Å²) in [6, 6.07) is 11.7. The largest absolute Gasteiger partial charge is 0.481 e. The Bertz CT molecular complexity index is 1110. The molecule has 2 aliphatic rings. The molecule has 2 N–H and O–H groups in total. The number of amides is 1. The minimum atomic E-state index is -0.932. The summed E-state index contributed by atoms with van der Waals surface area (Å²) in [6.07, 6.45) is 1.62. The second-order valence-corrected chi connectivity index (χ2v) is 10.2. The highest BCUT2D eigenvalue weighted by Crippen LogP contribution is 2.57. The van der Waals surface area contributed by atoms with Crippen molar-refractivity contribution in [2.45, 2.75) is 39.5 Å². The van der Waals surface area contributed by atoms with Crippen LogP contribution in [0.3, 0.4) is 0 Å². The average Bonchev–Trinajstić information content (AvgIpc) is 3.50. The molecular weight excluding hydrogens is 438 g/mol. The highest BCUT2D eigenvalue weighted by molar-refractivity contribution is 7.16. The third-order valence-electron chi connectivity index (χ3n) is 7.13. The van der Waals surface area contributed by atoms with Crippen LogP contribution in [0, 0.1) is 23.7 Å². The molecule has 2 saturated carbocycles. The van der Waals surface area contributed by atoms with Crippen molar-refractivity contribution in [1.29, 1.82) is 0 Å². The number of carboxylic acid groups (broad SMARTS) is 1. The van der Waals surface area contributed by atoms with E-state index in [-0.39, 0.29) is 23.7 Å². The lowest BCUT2D eigenvalue weighted by molar-refractivity contribution is -0.148. The summed E-state index contributed by atoms with van der Waals surface area (Å²) in [5.74, 6) is -3.31. The number of hydrogen-bond donors (Lipinski definition) is 2. The zero-order chi connectivity index (χ0) is 23.9. The third kappa shape index (κ3) is 4.10. The van der Waals surface area contributed by atoms with Crippen LogP contribution in [0.25, 0.3) is 0 Å². The first-order chi connectivity index (χ1) is 15.7. The van der Waals surface area contributed by atoms with Crippen LogP contribution in [0.2, 0.25) is 0 Å². The van der Waals surface area contributed by atoms with Gasteiger partial charge in [-0.15, -0.1) is 11.3 Å². The number of nitrogens with one attached hydrogen (secondary N) is 1. The summed E-state index contributed by atoms with van der Waals surface area (Å²) < 4.78 is 4.95. The number of carbonyl (C=O) groups is 3. The third-order valence-corrected chi connectivity index (χ3v) is 8.36. The van der Waals surface area contributed by atoms with Gasteiger partial charge in [0.2, 0.25) is 5.91 Å². The molecule has 7 heteroatoms. The molecule has 1 amide bonds. The number of anilines is 1. The lowest BCUT2D eigenvalue weighted by Crippen LogP contribution is -2.37. The first-order valence-corrected chi connectivity index (χ1v) is 12.0. The van der Waals surface area contributed by atoms with E-state index in [2.05, 4.69) is 5.32 Å². The van der Waals surface area contributed by atoms with Crippen molar-refractivity contribution in [1.82, 2.24) is 0 Å². The van der Waals surface area contributed by atoms with E-state index in [1.165, 1.54) is 18.4 Å². The van der Waals surface area contributed by atoms with Gasteiger partial charge in [0, 0.05) is 10.8 Å². The van der Waals surface area contributed by atoms with E-state index in [1.54, 1.807) is 6.07 Å². The molecule has 33 heavy (non-hydrogen) atoms. The van der Waals surface area contributed by atoms with E-state index in [1.807, 2.05) is 51.1 Å². The number of thiophene rings is 1. The van der Waals surface area contributed by atoms with Gasteiger partial charge in [-0.25, -0.2) is 4.79 Å². The zero-order valence-electron chi connectivity index (χ0n) is 19.3. The topological polar surface area (TPSA) is 92.7 Å². The van der Waals surface area contributed by atoms with Crippen LogP contribution in [0.4, 0.5) is 5.00 Å². The van der Waals surface area contributed by atoms with Crippen molar-refractivity contribution >= 4 is 34.2 Å². The Morgan fingerprint density at radius 3 is 2.30 bits per heavy atom. The Hall–Kier alpha value is -2.93. The molecule has 2 bridgehead atoms.